The molecule has 0 saturated heterocycles. The van der Waals surface area contributed by atoms with Crippen LogP contribution in [0.3, 0.4) is 0 Å². The van der Waals surface area contributed by atoms with Gasteiger partial charge >= 0.3 is 5.97 Å². The van der Waals surface area contributed by atoms with Crippen molar-refractivity contribution in [2.75, 3.05) is 19.7 Å². The van der Waals surface area contributed by atoms with Crippen molar-refractivity contribution in [1.29, 1.82) is 0 Å². The lowest BCUT2D eigenvalue weighted by molar-refractivity contribution is -0.143. The fourth-order valence-corrected chi connectivity index (χ4v) is 5.32. The first kappa shape index (κ1) is 16.6. The Bertz CT molecular complexity index is 553. The van der Waals surface area contributed by atoms with Crippen LogP contribution in [-0.4, -0.2) is 38.4 Å². The lowest BCUT2D eigenvalue weighted by atomic mass is 10.5. The topological polar surface area (TPSA) is 63.7 Å². The Kier molecular flexibility index (Phi) is 5.97. The van der Waals surface area contributed by atoms with Gasteiger partial charge in [0.05, 0.1) is 15.3 Å². The Morgan fingerprint density at radius 1 is 1.47 bits per heavy atom. The number of likely N-dealkylation sites (N-methyl/N-ethyl adjacent to an activating group) is 1. The van der Waals surface area contributed by atoms with Crippen molar-refractivity contribution in [2.24, 2.45) is 0 Å². The highest BCUT2D eigenvalue weighted by molar-refractivity contribution is 9.11. The molecule has 0 aromatic carbocycles. The van der Waals surface area contributed by atoms with Crippen LogP contribution < -0.4 is 0 Å². The molecule has 0 unspecified atom stereocenters. The van der Waals surface area contributed by atoms with E-state index in [4.69, 9.17) is 4.74 Å². The first-order chi connectivity index (χ1) is 8.82. The van der Waals surface area contributed by atoms with Gasteiger partial charge < -0.3 is 4.74 Å². The molecule has 5 nitrogen and oxygen atoms in total. The molecule has 0 N–H and O–H groups in total. The summed E-state index contributed by atoms with van der Waals surface area (Å²) < 4.78 is 31.5. The Morgan fingerprint density at radius 3 is 2.53 bits per heavy atom. The molecule has 0 bridgehead atoms. The Labute approximate surface area is 125 Å². The summed E-state index contributed by atoms with van der Waals surface area (Å²) in [7, 11) is -3.66. The second-order valence-electron chi connectivity index (χ2n) is 3.71. The highest BCUT2D eigenvalue weighted by Gasteiger charge is 2.28. The van der Waals surface area contributed by atoms with E-state index in [1.54, 1.807) is 26.8 Å². The van der Waals surface area contributed by atoms with Crippen LogP contribution in [0.1, 0.15) is 18.7 Å². The molecule has 0 aliphatic carbocycles. The minimum Gasteiger partial charge on any atom is -0.465 e. The van der Waals surface area contributed by atoms with Gasteiger partial charge in [-0.25, -0.2) is 8.42 Å². The molecule has 1 rings (SSSR count). The maximum atomic E-state index is 12.4. The van der Waals surface area contributed by atoms with Crippen LogP contribution in [0.4, 0.5) is 0 Å². The predicted octanol–water partition coefficient (Wildman–Crippen LogP) is 2.39. The quantitative estimate of drug-likeness (QED) is 0.722. The Morgan fingerprint density at radius 2 is 2.11 bits per heavy atom. The molecule has 19 heavy (non-hydrogen) atoms. The summed E-state index contributed by atoms with van der Waals surface area (Å²) in [6.45, 7) is 5.30. The van der Waals surface area contributed by atoms with Gasteiger partial charge in [0.1, 0.15) is 6.54 Å². The van der Waals surface area contributed by atoms with Crippen LogP contribution in [0.15, 0.2) is 14.7 Å². The second-order valence-corrected chi connectivity index (χ2v) is 8.25. The molecule has 0 fully saturated rings. The average molecular weight is 370 g/mol. The van der Waals surface area contributed by atoms with Crippen LogP contribution >= 0.6 is 27.3 Å². The number of esters is 1. The summed E-state index contributed by atoms with van der Waals surface area (Å²) >= 11 is 4.61. The van der Waals surface area contributed by atoms with Crippen molar-refractivity contribution in [3.8, 4) is 0 Å². The van der Waals surface area contributed by atoms with Gasteiger partial charge in [-0.1, -0.05) is 6.92 Å². The van der Waals surface area contributed by atoms with E-state index in [1.807, 2.05) is 0 Å². The first-order valence-corrected chi connectivity index (χ1v) is 8.79. The number of ether oxygens (including phenoxy) is 1. The normalized spacial score (nSPS) is 11.8. The van der Waals surface area contributed by atoms with Gasteiger partial charge in [0, 0.05) is 11.4 Å². The van der Waals surface area contributed by atoms with Crippen molar-refractivity contribution >= 4 is 43.3 Å². The van der Waals surface area contributed by atoms with E-state index < -0.39 is 16.0 Å². The maximum absolute atomic E-state index is 12.4. The molecule has 0 aliphatic heterocycles. The van der Waals surface area contributed by atoms with Crippen LogP contribution in [0, 0.1) is 6.92 Å². The van der Waals surface area contributed by atoms with Gasteiger partial charge in [-0.3, -0.25) is 4.79 Å². The first-order valence-electron chi connectivity index (χ1n) is 5.74. The molecular weight excluding hydrogens is 354 g/mol. The Balaban J connectivity index is 3.02. The zero-order valence-corrected chi connectivity index (χ0v) is 14.2. The van der Waals surface area contributed by atoms with Gasteiger partial charge in [-0.15, -0.1) is 11.3 Å². The smallest absolute Gasteiger partial charge is 0.321 e. The van der Waals surface area contributed by atoms with Crippen LogP contribution in [0.2, 0.25) is 0 Å². The summed E-state index contributed by atoms with van der Waals surface area (Å²) in [5.41, 5.74) is 0. The molecular formula is C11H16BrNO4S2. The van der Waals surface area contributed by atoms with E-state index in [-0.39, 0.29) is 24.6 Å². The minimum atomic E-state index is -3.66. The summed E-state index contributed by atoms with van der Waals surface area (Å²) in [5.74, 6) is -0.542. The van der Waals surface area contributed by atoms with E-state index in [2.05, 4.69) is 15.9 Å². The summed E-state index contributed by atoms with van der Waals surface area (Å²) in [6.07, 6.45) is 0. The molecule has 8 heteroatoms. The third-order valence-corrected chi connectivity index (χ3v) is 6.15. The number of nitrogens with zero attached hydrogens (tertiary/aromatic N) is 1. The zero-order valence-electron chi connectivity index (χ0n) is 11.0. The fraction of sp³-hybridized carbons (Fsp3) is 0.545. The predicted molar refractivity (Wildman–Crippen MR) is 77.8 cm³/mol. The van der Waals surface area contributed by atoms with Gasteiger partial charge in [-0.05, 0) is 35.8 Å². The number of thiophene rings is 1. The summed E-state index contributed by atoms with van der Waals surface area (Å²) in [4.78, 5) is 12.4. The second kappa shape index (κ2) is 6.83. The van der Waals surface area contributed by atoms with Crippen molar-refractivity contribution in [1.82, 2.24) is 4.31 Å². The molecule has 0 saturated carbocycles. The van der Waals surface area contributed by atoms with E-state index in [0.717, 1.165) is 8.09 Å². The van der Waals surface area contributed by atoms with Gasteiger partial charge in [0.2, 0.25) is 10.0 Å². The van der Waals surface area contributed by atoms with Gasteiger partial charge in [0.15, 0.2) is 0 Å². The third kappa shape index (κ3) is 4.01. The van der Waals surface area contributed by atoms with Gasteiger partial charge in [-0.2, -0.15) is 4.31 Å². The molecule has 0 amide bonds. The number of carbonyl (C=O) groups is 1. The zero-order chi connectivity index (χ0) is 14.6. The molecule has 0 aliphatic rings. The number of hydrogen-bond acceptors (Lipinski definition) is 5. The Hall–Kier alpha value is -0.440. The van der Waals surface area contributed by atoms with Crippen LogP contribution in [0.25, 0.3) is 0 Å². The minimum absolute atomic E-state index is 0.216. The summed E-state index contributed by atoms with van der Waals surface area (Å²) in [5, 5.41) is 0. The highest BCUT2D eigenvalue weighted by atomic mass is 79.9. The van der Waals surface area contributed by atoms with Crippen molar-refractivity contribution in [2.45, 2.75) is 25.7 Å². The number of aryl methyl sites for hydroxylation is 1. The van der Waals surface area contributed by atoms with Crippen molar-refractivity contribution in [3.05, 3.63) is 14.7 Å². The lowest BCUT2D eigenvalue weighted by Gasteiger charge is -2.19. The van der Waals surface area contributed by atoms with E-state index in [0.29, 0.717) is 4.88 Å². The molecule has 0 atom stereocenters. The SMILES string of the molecule is CCOC(=O)CN(CC)S(=O)(=O)c1cc(Br)sc1C. The molecule has 1 aromatic rings. The highest BCUT2D eigenvalue weighted by Crippen LogP contribution is 2.31. The molecule has 1 heterocycles. The maximum Gasteiger partial charge on any atom is 0.321 e. The van der Waals surface area contributed by atoms with Crippen LogP contribution in [0.5, 0.6) is 0 Å². The van der Waals surface area contributed by atoms with E-state index >= 15 is 0 Å². The monoisotopic (exact) mass is 369 g/mol. The average Bonchev–Trinajstić information content (AvgIpc) is 2.66. The number of rotatable bonds is 6. The molecule has 0 spiro atoms. The van der Waals surface area contributed by atoms with Crippen molar-refractivity contribution in [3.63, 3.8) is 0 Å². The molecule has 0 radical (unpaired) electrons. The molecule has 1 aromatic heterocycles. The van der Waals surface area contributed by atoms with Crippen molar-refractivity contribution < 1.29 is 17.9 Å². The number of hydrogen-bond donors (Lipinski definition) is 0. The van der Waals surface area contributed by atoms with Crippen LogP contribution in [-0.2, 0) is 19.6 Å². The number of halogens is 1. The summed E-state index contributed by atoms with van der Waals surface area (Å²) in [6, 6.07) is 1.56. The largest absolute Gasteiger partial charge is 0.465 e. The van der Waals surface area contributed by atoms with Gasteiger partial charge in [0.25, 0.3) is 0 Å². The molecule has 108 valence electrons. The third-order valence-electron chi connectivity index (χ3n) is 2.42. The lowest BCUT2D eigenvalue weighted by Crippen LogP contribution is -2.36. The number of sulfonamides is 1. The number of carbonyl (C=O) groups excluding carboxylic acids is 1. The fourth-order valence-electron chi connectivity index (χ4n) is 1.54. The van der Waals surface area contributed by atoms with E-state index in [1.165, 1.54) is 11.3 Å². The van der Waals surface area contributed by atoms with E-state index in [9.17, 15) is 13.2 Å². The standard InChI is InChI=1S/C11H16BrNO4S2/c1-4-13(7-11(14)17-5-2)19(15,16)9-6-10(12)18-8(9)3/h6H,4-5,7H2,1-3H3.